The van der Waals surface area contributed by atoms with E-state index in [0.717, 1.165) is 21.9 Å². The van der Waals surface area contributed by atoms with Gasteiger partial charge in [0, 0.05) is 10.9 Å². The third kappa shape index (κ3) is 3.43. The van der Waals surface area contributed by atoms with E-state index in [4.69, 9.17) is 16.3 Å². The SMILES string of the molecule is CC#CC(C)C(C)c1cc(Cl)c(C)cc1OCC. The van der Waals surface area contributed by atoms with E-state index >= 15 is 0 Å². The normalized spacial score (nSPS) is 13.4. The van der Waals surface area contributed by atoms with Crippen molar-refractivity contribution in [3.05, 3.63) is 28.3 Å². The van der Waals surface area contributed by atoms with E-state index in [2.05, 4.69) is 25.7 Å². The minimum atomic E-state index is 0.285. The average Bonchev–Trinajstić information content (AvgIpc) is 2.33. The molecule has 1 aromatic rings. The Labute approximate surface area is 115 Å². The van der Waals surface area contributed by atoms with Crippen LogP contribution in [0.3, 0.4) is 0 Å². The molecule has 2 atom stereocenters. The summed E-state index contributed by atoms with van der Waals surface area (Å²) >= 11 is 6.22. The highest BCUT2D eigenvalue weighted by Gasteiger charge is 2.18. The Hall–Kier alpha value is -1.13. The molecule has 0 amide bonds. The van der Waals surface area contributed by atoms with Gasteiger partial charge in [-0.15, -0.1) is 5.92 Å². The highest BCUT2D eigenvalue weighted by molar-refractivity contribution is 6.31. The van der Waals surface area contributed by atoms with Gasteiger partial charge in [0.25, 0.3) is 0 Å². The van der Waals surface area contributed by atoms with Gasteiger partial charge in [0.05, 0.1) is 6.61 Å². The lowest BCUT2D eigenvalue weighted by atomic mass is 9.88. The van der Waals surface area contributed by atoms with E-state index in [9.17, 15) is 0 Å². The summed E-state index contributed by atoms with van der Waals surface area (Å²) in [6.45, 7) is 10.8. The second-order valence-electron chi connectivity index (χ2n) is 4.54. The van der Waals surface area contributed by atoms with Crippen LogP contribution in [0.25, 0.3) is 0 Å². The van der Waals surface area contributed by atoms with Crippen molar-refractivity contribution in [3.63, 3.8) is 0 Å². The molecule has 2 heteroatoms. The van der Waals surface area contributed by atoms with Crippen molar-refractivity contribution in [2.75, 3.05) is 6.61 Å². The summed E-state index contributed by atoms with van der Waals surface area (Å²) < 4.78 is 5.72. The second kappa shape index (κ2) is 6.71. The average molecular weight is 265 g/mol. The van der Waals surface area contributed by atoms with Crippen LogP contribution in [-0.2, 0) is 0 Å². The number of halogens is 1. The fourth-order valence-electron chi connectivity index (χ4n) is 1.93. The molecule has 1 rings (SSSR count). The standard InChI is InChI=1S/C16H21ClO/c1-6-8-11(3)13(5)14-10-15(17)12(4)9-16(14)18-7-2/h9-11,13H,7H2,1-5H3. The first-order valence-corrected chi connectivity index (χ1v) is 6.74. The third-order valence-electron chi connectivity index (χ3n) is 3.20. The molecular weight excluding hydrogens is 244 g/mol. The number of benzene rings is 1. The van der Waals surface area contributed by atoms with E-state index in [1.807, 2.05) is 32.9 Å². The highest BCUT2D eigenvalue weighted by atomic mass is 35.5. The molecule has 0 heterocycles. The van der Waals surface area contributed by atoms with Crippen LogP contribution in [0, 0.1) is 24.7 Å². The fourth-order valence-corrected chi connectivity index (χ4v) is 2.10. The van der Waals surface area contributed by atoms with Gasteiger partial charge in [0.2, 0.25) is 0 Å². The summed E-state index contributed by atoms with van der Waals surface area (Å²) in [5, 5.41) is 0.789. The van der Waals surface area contributed by atoms with Gasteiger partial charge in [-0.3, -0.25) is 0 Å². The monoisotopic (exact) mass is 264 g/mol. The smallest absolute Gasteiger partial charge is 0.123 e. The first kappa shape index (κ1) is 14.9. The molecule has 1 nitrogen and oxygen atoms in total. The Morgan fingerprint density at radius 2 is 2.00 bits per heavy atom. The molecule has 0 bridgehead atoms. The lowest BCUT2D eigenvalue weighted by Gasteiger charge is -2.20. The lowest BCUT2D eigenvalue weighted by molar-refractivity contribution is 0.332. The maximum atomic E-state index is 6.22. The second-order valence-corrected chi connectivity index (χ2v) is 4.95. The van der Waals surface area contributed by atoms with E-state index in [1.54, 1.807) is 0 Å². The zero-order valence-electron chi connectivity index (χ0n) is 11.8. The minimum Gasteiger partial charge on any atom is -0.494 e. The first-order chi connectivity index (χ1) is 8.51. The molecular formula is C16H21ClO. The number of aryl methyl sites for hydroxylation is 1. The fraction of sp³-hybridized carbons (Fsp3) is 0.500. The van der Waals surface area contributed by atoms with E-state index in [1.165, 1.54) is 0 Å². The number of ether oxygens (including phenoxy) is 1. The molecule has 0 aliphatic rings. The summed E-state index contributed by atoms with van der Waals surface area (Å²) in [4.78, 5) is 0. The predicted octanol–water partition coefficient (Wildman–Crippen LogP) is 4.81. The molecule has 98 valence electrons. The molecule has 0 aromatic heterocycles. The van der Waals surface area contributed by atoms with Crippen LogP contribution in [0.4, 0.5) is 0 Å². The molecule has 0 aliphatic heterocycles. The summed E-state index contributed by atoms with van der Waals surface area (Å²) in [5.74, 6) is 7.69. The van der Waals surface area contributed by atoms with Gasteiger partial charge in [-0.05, 0) is 49.9 Å². The molecule has 2 unspecified atom stereocenters. The van der Waals surface area contributed by atoms with Crippen molar-refractivity contribution in [2.24, 2.45) is 5.92 Å². The van der Waals surface area contributed by atoms with Gasteiger partial charge < -0.3 is 4.74 Å². The molecule has 0 spiro atoms. The summed E-state index contributed by atoms with van der Waals surface area (Å²) in [7, 11) is 0. The van der Waals surface area contributed by atoms with E-state index in [0.29, 0.717) is 12.5 Å². The molecule has 0 N–H and O–H groups in total. The van der Waals surface area contributed by atoms with Crippen molar-refractivity contribution < 1.29 is 4.74 Å². The molecule has 0 saturated heterocycles. The zero-order valence-corrected chi connectivity index (χ0v) is 12.6. The number of hydrogen-bond donors (Lipinski definition) is 0. The summed E-state index contributed by atoms with van der Waals surface area (Å²) in [6, 6.07) is 4.03. The quantitative estimate of drug-likeness (QED) is 0.709. The van der Waals surface area contributed by atoms with Crippen LogP contribution in [-0.4, -0.2) is 6.61 Å². The maximum Gasteiger partial charge on any atom is 0.123 e. The van der Waals surface area contributed by atoms with Gasteiger partial charge in [0.15, 0.2) is 0 Å². The van der Waals surface area contributed by atoms with Crippen molar-refractivity contribution in [1.29, 1.82) is 0 Å². The van der Waals surface area contributed by atoms with Crippen LogP contribution in [0.15, 0.2) is 12.1 Å². The van der Waals surface area contributed by atoms with E-state index < -0.39 is 0 Å². The number of rotatable bonds is 4. The first-order valence-electron chi connectivity index (χ1n) is 6.36. The molecule has 0 fully saturated rings. The van der Waals surface area contributed by atoms with Gasteiger partial charge in [0.1, 0.15) is 5.75 Å². The van der Waals surface area contributed by atoms with E-state index in [-0.39, 0.29) is 5.92 Å². The highest BCUT2D eigenvalue weighted by Crippen LogP contribution is 2.35. The Kier molecular flexibility index (Phi) is 5.56. The van der Waals surface area contributed by atoms with Crippen LogP contribution >= 0.6 is 11.6 Å². The lowest BCUT2D eigenvalue weighted by Crippen LogP contribution is -2.07. The molecule has 0 saturated carbocycles. The Bertz CT molecular complexity index is 468. The summed E-state index contributed by atoms with van der Waals surface area (Å²) in [6.07, 6.45) is 0. The number of hydrogen-bond acceptors (Lipinski definition) is 1. The van der Waals surface area contributed by atoms with Gasteiger partial charge in [-0.25, -0.2) is 0 Å². The Morgan fingerprint density at radius 1 is 1.33 bits per heavy atom. The van der Waals surface area contributed by atoms with Crippen molar-refractivity contribution in [2.45, 2.75) is 40.5 Å². The van der Waals surface area contributed by atoms with Crippen LogP contribution < -0.4 is 4.74 Å². The van der Waals surface area contributed by atoms with Crippen LogP contribution in [0.5, 0.6) is 5.75 Å². The molecule has 0 aliphatic carbocycles. The van der Waals surface area contributed by atoms with Crippen LogP contribution in [0.2, 0.25) is 5.02 Å². The van der Waals surface area contributed by atoms with Crippen LogP contribution in [0.1, 0.15) is 44.7 Å². The third-order valence-corrected chi connectivity index (χ3v) is 3.61. The predicted molar refractivity (Wildman–Crippen MR) is 78.4 cm³/mol. The minimum absolute atomic E-state index is 0.285. The zero-order chi connectivity index (χ0) is 13.7. The topological polar surface area (TPSA) is 9.23 Å². The molecule has 0 radical (unpaired) electrons. The Morgan fingerprint density at radius 3 is 2.56 bits per heavy atom. The van der Waals surface area contributed by atoms with Crippen molar-refractivity contribution >= 4 is 11.6 Å². The van der Waals surface area contributed by atoms with Crippen molar-refractivity contribution in [3.8, 4) is 17.6 Å². The largest absolute Gasteiger partial charge is 0.494 e. The maximum absolute atomic E-state index is 6.22. The van der Waals surface area contributed by atoms with Crippen molar-refractivity contribution in [1.82, 2.24) is 0 Å². The Balaban J connectivity index is 3.18. The van der Waals surface area contributed by atoms with Gasteiger partial charge >= 0.3 is 0 Å². The molecule has 18 heavy (non-hydrogen) atoms. The summed E-state index contributed by atoms with van der Waals surface area (Å²) in [5.41, 5.74) is 2.19. The van der Waals surface area contributed by atoms with Gasteiger partial charge in [-0.2, -0.15) is 0 Å². The van der Waals surface area contributed by atoms with Gasteiger partial charge in [-0.1, -0.05) is 31.4 Å². The molecule has 1 aromatic carbocycles.